The predicted molar refractivity (Wildman–Crippen MR) is 107 cm³/mol. The van der Waals surface area contributed by atoms with Crippen molar-refractivity contribution in [3.63, 3.8) is 0 Å². The molecule has 0 atom stereocenters. The second kappa shape index (κ2) is 8.76. The van der Waals surface area contributed by atoms with Crippen LogP contribution in [0.4, 0.5) is 11.4 Å². The van der Waals surface area contributed by atoms with Gasteiger partial charge in [0.2, 0.25) is 11.8 Å². The third-order valence-electron chi connectivity index (χ3n) is 4.29. The lowest BCUT2D eigenvalue weighted by atomic mass is 10.2. The molecular weight excluding hydrogens is 346 g/mol. The van der Waals surface area contributed by atoms with Crippen LogP contribution in [-0.4, -0.2) is 48.6 Å². The van der Waals surface area contributed by atoms with Crippen LogP contribution in [-0.2, 0) is 9.59 Å². The van der Waals surface area contributed by atoms with Gasteiger partial charge in [0, 0.05) is 49.4 Å². The van der Waals surface area contributed by atoms with Crippen molar-refractivity contribution in [3.8, 4) is 0 Å². The summed E-state index contributed by atoms with van der Waals surface area (Å²) in [6.45, 7) is 4.74. The number of benzene rings is 2. The summed E-state index contributed by atoms with van der Waals surface area (Å²) in [5.41, 5.74) is 1.98. The average molecular weight is 369 g/mol. The highest BCUT2D eigenvalue weighted by molar-refractivity contribution is 8.00. The van der Waals surface area contributed by atoms with Crippen LogP contribution >= 0.6 is 11.8 Å². The van der Waals surface area contributed by atoms with E-state index in [9.17, 15) is 9.59 Å². The number of rotatable bonds is 5. The maximum absolute atomic E-state index is 12.5. The van der Waals surface area contributed by atoms with Gasteiger partial charge in [-0.1, -0.05) is 18.2 Å². The molecule has 2 aromatic carbocycles. The van der Waals surface area contributed by atoms with Crippen molar-refractivity contribution in [1.82, 2.24) is 4.90 Å². The molecule has 0 spiro atoms. The van der Waals surface area contributed by atoms with Gasteiger partial charge in [-0.3, -0.25) is 9.59 Å². The summed E-state index contributed by atoms with van der Waals surface area (Å²) in [5.74, 6) is 0.522. The second-order valence-electron chi connectivity index (χ2n) is 6.20. The van der Waals surface area contributed by atoms with E-state index in [1.54, 1.807) is 0 Å². The smallest absolute Gasteiger partial charge is 0.233 e. The van der Waals surface area contributed by atoms with Crippen LogP contribution in [0, 0.1) is 0 Å². The number of para-hydroxylation sites is 1. The van der Waals surface area contributed by atoms with E-state index < -0.39 is 0 Å². The first kappa shape index (κ1) is 18.3. The normalized spacial score (nSPS) is 14.2. The third kappa shape index (κ3) is 5.02. The van der Waals surface area contributed by atoms with E-state index in [0.717, 1.165) is 36.8 Å². The molecular formula is C20H23N3O2S. The van der Waals surface area contributed by atoms with Crippen molar-refractivity contribution in [2.75, 3.05) is 42.1 Å². The zero-order valence-electron chi connectivity index (χ0n) is 14.9. The summed E-state index contributed by atoms with van der Waals surface area (Å²) in [6, 6.07) is 17.9. The largest absolute Gasteiger partial charge is 0.368 e. The Morgan fingerprint density at radius 1 is 0.962 bits per heavy atom. The van der Waals surface area contributed by atoms with Gasteiger partial charge in [-0.2, -0.15) is 0 Å². The molecule has 1 aliphatic rings. The molecule has 0 bridgehead atoms. The quantitative estimate of drug-likeness (QED) is 0.823. The number of anilines is 2. The zero-order valence-corrected chi connectivity index (χ0v) is 15.7. The lowest BCUT2D eigenvalue weighted by Crippen LogP contribution is -2.49. The van der Waals surface area contributed by atoms with Crippen LogP contribution in [0.25, 0.3) is 0 Å². The molecule has 6 heteroatoms. The standard InChI is InChI=1S/C20H23N3O2S/c1-16(24)21-17-7-9-19(10-8-17)26-15-20(25)23-13-11-22(12-14-23)18-5-3-2-4-6-18/h2-10H,11-15H2,1H3,(H,21,24). The number of hydrogen-bond donors (Lipinski definition) is 1. The Bertz CT molecular complexity index is 741. The number of hydrogen-bond acceptors (Lipinski definition) is 4. The number of nitrogens with one attached hydrogen (secondary N) is 1. The van der Waals surface area contributed by atoms with E-state index in [1.165, 1.54) is 24.4 Å². The van der Waals surface area contributed by atoms with E-state index in [-0.39, 0.29) is 11.8 Å². The van der Waals surface area contributed by atoms with E-state index in [1.807, 2.05) is 47.4 Å². The second-order valence-corrected chi connectivity index (χ2v) is 7.25. The van der Waals surface area contributed by atoms with Crippen LogP contribution < -0.4 is 10.2 Å². The topological polar surface area (TPSA) is 52.7 Å². The fraction of sp³-hybridized carbons (Fsp3) is 0.300. The minimum atomic E-state index is -0.0878. The Kier molecular flexibility index (Phi) is 6.17. The summed E-state index contributed by atoms with van der Waals surface area (Å²) < 4.78 is 0. The van der Waals surface area contributed by atoms with Gasteiger partial charge in [-0.25, -0.2) is 0 Å². The van der Waals surface area contributed by atoms with Crippen molar-refractivity contribution in [2.24, 2.45) is 0 Å². The number of thioether (sulfide) groups is 1. The molecule has 0 radical (unpaired) electrons. The zero-order chi connectivity index (χ0) is 18.4. The summed E-state index contributed by atoms with van der Waals surface area (Å²) in [7, 11) is 0. The SMILES string of the molecule is CC(=O)Nc1ccc(SCC(=O)N2CCN(c3ccccc3)CC2)cc1. The van der Waals surface area contributed by atoms with Crippen molar-refractivity contribution < 1.29 is 9.59 Å². The highest BCUT2D eigenvalue weighted by atomic mass is 32.2. The van der Waals surface area contributed by atoms with Gasteiger partial charge < -0.3 is 15.1 Å². The van der Waals surface area contributed by atoms with Crippen LogP contribution in [0.3, 0.4) is 0 Å². The Morgan fingerprint density at radius 2 is 1.62 bits per heavy atom. The van der Waals surface area contributed by atoms with E-state index >= 15 is 0 Å². The molecule has 1 aliphatic heterocycles. The highest BCUT2D eigenvalue weighted by Gasteiger charge is 2.21. The number of carbonyl (C=O) groups is 2. The molecule has 0 aromatic heterocycles. The van der Waals surface area contributed by atoms with E-state index in [0.29, 0.717) is 5.75 Å². The molecule has 26 heavy (non-hydrogen) atoms. The van der Waals surface area contributed by atoms with Crippen molar-refractivity contribution in [2.45, 2.75) is 11.8 Å². The summed E-state index contributed by atoms with van der Waals surface area (Å²) in [6.07, 6.45) is 0. The molecule has 0 aliphatic carbocycles. The average Bonchev–Trinajstić information content (AvgIpc) is 2.67. The monoisotopic (exact) mass is 369 g/mol. The molecule has 1 heterocycles. The lowest BCUT2D eigenvalue weighted by Gasteiger charge is -2.36. The van der Waals surface area contributed by atoms with Crippen molar-refractivity contribution in [3.05, 3.63) is 54.6 Å². The Morgan fingerprint density at radius 3 is 2.23 bits per heavy atom. The Labute approximate surface area is 158 Å². The van der Waals surface area contributed by atoms with E-state index in [4.69, 9.17) is 0 Å². The fourth-order valence-electron chi connectivity index (χ4n) is 2.93. The van der Waals surface area contributed by atoms with Gasteiger partial charge in [0.25, 0.3) is 0 Å². The summed E-state index contributed by atoms with van der Waals surface area (Å²) in [4.78, 5) is 28.8. The Hall–Kier alpha value is -2.47. The number of piperazine rings is 1. The molecule has 1 fully saturated rings. The van der Waals surface area contributed by atoms with Crippen LogP contribution in [0.15, 0.2) is 59.5 Å². The molecule has 136 valence electrons. The van der Waals surface area contributed by atoms with Crippen LogP contribution in [0.1, 0.15) is 6.92 Å². The van der Waals surface area contributed by atoms with Gasteiger partial charge in [-0.05, 0) is 36.4 Å². The fourth-order valence-corrected chi connectivity index (χ4v) is 3.73. The highest BCUT2D eigenvalue weighted by Crippen LogP contribution is 2.21. The number of nitrogens with zero attached hydrogens (tertiary/aromatic N) is 2. The van der Waals surface area contributed by atoms with Gasteiger partial charge in [-0.15, -0.1) is 11.8 Å². The first-order valence-corrected chi connectivity index (χ1v) is 9.68. The van der Waals surface area contributed by atoms with Crippen LogP contribution in [0.2, 0.25) is 0 Å². The molecule has 3 rings (SSSR count). The molecule has 0 saturated carbocycles. The molecule has 5 nitrogen and oxygen atoms in total. The molecule has 1 N–H and O–H groups in total. The van der Waals surface area contributed by atoms with Gasteiger partial charge in [0.05, 0.1) is 5.75 Å². The first-order chi connectivity index (χ1) is 12.6. The Balaban J connectivity index is 1.45. The van der Waals surface area contributed by atoms with Crippen molar-refractivity contribution in [1.29, 1.82) is 0 Å². The third-order valence-corrected chi connectivity index (χ3v) is 5.29. The van der Waals surface area contributed by atoms with Crippen LogP contribution in [0.5, 0.6) is 0 Å². The molecule has 1 saturated heterocycles. The summed E-state index contributed by atoms with van der Waals surface area (Å²) >= 11 is 1.53. The maximum atomic E-state index is 12.5. The molecule has 2 amide bonds. The van der Waals surface area contributed by atoms with E-state index in [2.05, 4.69) is 22.3 Å². The summed E-state index contributed by atoms with van der Waals surface area (Å²) in [5, 5.41) is 2.74. The predicted octanol–water partition coefficient (Wildman–Crippen LogP) is 3.09. The van der Waals surface area contributed by atoms with Crippen molar-refractivity contribution >= 4 is 35.0 Å². The minimum absolute atomic E-state index is 0.0878. The number of carbonyl (C=O) groups excluding carboxylic acids is 2. The molecule has 0 unspecified atom stereocenters. The number of amides is 2. The van der Waals surface area contributed by atoms with Gasteiger partial charge >= 0.3 is 0 Å². The first-order valence-electron chi connectivity index (χ1n) is 8.70. The maximum Gasteiger partial charge on any atom is 0.233 e. The minimum Gasteiger partial charge on any atom is -0.368 e. The van der Waals surface area contributed by atoms with Gasteiger partial charge in [0.15, 0.2) is 0 Å². The van der Waals surface area contributed by atoms with Gasteiger partial charge in [0.1, 0.15) is 0 Å². The lowest BCUT2D eigenvalue weighted by molar-refractivity contribution is -0.128. The molecule has 2 aromatic rings.